The van der Waals surface area contributed by atoms with Gasteiger partial charge in [0.05, 0.1) is 0 Å². The van der Waals surface area contributed by atoms with E-state index in [9.17, 15) is 13.2 Å². The predicted octanol–water partition coefficient (Wildman–Crippen LogP) is -0.491. The van der Waals surface area contributed by atoms with E-state index in [1.807, 2.05) is 0 Å². The van der Waals surface area contributed by atoms with Gasteiger partial charge >= 0.3 is 0 Å². The van der Waals surface area contributed by atoms with Gasteiger partial charge in [-0.05, 0) is 12.1 Å². The van der Waals surface area contributed by atoms with Gasteiger partial charge in [-0.3, -0.25) is 9.78 Å². The number of piperazine rings is 1. The Bertz CT molecular complexity index is 583. The van der Waals surface area contributed by atoms with Gasteiger partial charge in [-0.1, -0.05) is 6.92 Å². The first-order valence-corrected chi connectivity index (χ1v) is 8.30. The van der Waals surface area contributed by atoms with Crippen molar-refractivity contribution in [1.29, 1.82) is 0 Å². The average molecular weight is 312 g/mol. The molecule has 1 saturated heterocycles. The van der Waals surface area contributed by atoms with E-state index >= 15 is 0 Å². The van der Waals surface area contributed by atoms with Gasteiger partial charge in [-0.25, -0.2) is 8.42 Å². The Morgan fingerprint density at radius 3 is 2.57 bits per heavy atom. The van der Waals surface area contributed by atoms with Crippen LogP contribution in [-0.2, 0) is 14.8 Å². The third-order valence-electron chi connectivity index (χ3n) is 3.60. The second-order valence-corrected chi connectivity index (χ2v) is 6.99. The lowest BCUT2D eigenvalue weighted by atomic mass is 10.1. The minimum atomic E-state index is -3.53. The Morgan fingerprint density at radius 1 is 1.38 bits per heavy atom. The summed E-state index contributed by atoms with van der Waals surface area (Å²) < 4.78 is 26.2. The Hall–Kier alpha value is -1.51. The number of nitrogens with two attached hydrogens (primary N) is 1. The zero-order valence-electron chi connectivity index (χ0n) is 12.0. The first kappa shape index (κ1) is 15.9. The summed E-state index contributed by atoms with van der Waals surface area (Å²) in [5, 5.41) is 0. The highest BCUT2D eigenvalue weighted by atomic mass is 32.2. The number of rotatable bonds is 4. The van der Waals surface area contributed by atoms with Crippen LogP contribution in [0.1, 0.15) is 6.92 Å². The Balaban J connectivity index is 2.03. The fraction of sp³-hybridized carbons (Fsp3) is 0.538. The predicted molar refractivity (Wildman–Crippen MR) is 77.8 cm³/mol. The molecule has 1 fully saturated rings. The first-order valence-electron chi connectivity index (χ1n) is 6.86. The summed E-state index contributed by atoms with van der Waals surface area (Å²) in [6.07, 6.45) is 2.87. The molecule has 1 aliphatic rings. The summed E-state index contributed by atoms with van der Waals surface area (Å²) in [5.41, 5.74) is 5.49. The maximum Gasteiger partial charge on any atom is 0.244 e. The second kappa shape index (κ2) is 6.50. The number of hydrogen-bond acceptors (Lipinski definition) is 5. The largest absolute Gasteiger partial charge is 0.340 e. The lowest BCUT2D eigenvalue weighted by molar-refractivity contribution is -0.135. The highest BCUT2D eigenvalue weighted by molar-refractivity contribution is 7.89. The van der Waals surface area contributed by atoms with E-state index in [0.717, 1.165) is 0 Å². The summed E-state index contributed by atoms with van der Waals surface area (Å²) >= 11 is 0. The molecule has 0 aliphatic carbocycles. The molecule has 1 atom stereocenters. The molecule has 0 radical (unpaired) electrons. The number of aromatic nitrogens is 1. The number of amides is 1. The van der Waals surface area contributed by atoms with Crippen LogP contribution >= 0.6 is 0 Å². The zero-order valence-corrected chi connectivity index (χ0v) is 12.8. The van der Waals surface area contributed by atoms with E-state index in [1.165, 1.54) is 22.8 Å². The highest BCUT2D eigenvalue weighted by Crippen LogP contribution is 2.17. The molecular weight excluding hydrogens is 292 g/mol. The third-order valence-corrected chi connectivity index (χ3v) is 5.48. The summed E-state index contributed by atoms with van der Waals surface area (Å²) in [7, 11) is -3.53. The SMILES string of the molecule is CC(CN)C(=O)N1CCN(S(=O)(=O)c2cccnc2)CC1. The topological polar surface area (TPSA) is 96.6 Å². The van der Waals surface area contributed by atoms with Crippen LogP contribution in [0.5, 0.6) is 0 Å². The van der Waals surface area contributed by atoms with Crippen molar-refractivity contribution in [3.63, 3.8) is 0 Å². The van der Waals surface area contributed by atoms with E-state index in [1.54, 1.807) is 17.9 Å². The first-order chi connectivity index (χ1) is 9.96. The number of pyridine rings is 1. The lowest BCUT2D eigenvalue weighted by Gasteiger charge is -2.35. The minimum Gasteiger partial charge on any atom is -0.340 e. The molecule has 2 heterocycles. The van der Waals surface area contributed by atoms with Crippen molar-refractivity contribution in [2.45, 2.75) is 11.8 Å². The Labute approximate surface area is 124 Å². The summed E-state index contributed by atoms with van der Waals surface area (Å²) in [4.78, 5) is 17.7. The third kappa shape index (κ3) is 3.39. The molecule has 21 heavy (non-hydrogen) atoms. The van der Waals surface area contributed by atoms with Crippen LogP contribution in [-0.4, -0.2) is 61.2 Å². The molecule has 8 heteroatoms. The van der Waals surface area contributed by atoms with Gasteiger partial charge < -0.3 is 10.6 Å². The molecule has 1 aromatic rings. The fourth-order valence-corrected chi connectivity index (χ4v) is 3.60. The van der Waals surface area contributed by atoms with Gasteiger partial charge in [-0.15, -0.1) is 0 Å². The van der Waals surface area contributed by atoms with Gasteiger partial charge in [-0.2, -0.15) is 4.31 Å². The number of carbonyl (C=O) groups is 1. The maximum absolute atomic E-state index is 12.4. The van der Waals surface area contributed by atoms with Gasteiger partial charge in [0.2, 0.25) is 15.9 Å². The van der Waals surface area contributed by atoms with E-state index in [4.69, 9.17) is 5.73 Å². The van der Waals surface area contributed by atoms with E-state index in [0.29, 0.717) is 32.7 Å². The average Bonchev–Trinajstić information content (AvgIpc) is 2.54. The van der Waals surface area contributed by atoms with Crippen molar-refractivity contribution in [3.05, 3.63) is 24.5 Å². The van der Waals surface area contributed by atoms with Crippen molar-refractivity contribution in [2.75, 3.05) is 32.7 Å². The molecule has 0 spiro atoms. The van der Waals surface area contributed by atoms with Crippen LogP contribution in [0.25, 0.3) is 0 Å². The molecule has 1 aromatic heterocycles. The van der Waals surface area contributed by atoms with E-state index in [2.05, 4.69) is 4.98 Å². The molecule has 116 valence electrons. The van der Waals surface area contributed by atoms with Crippen molar-refractivity contribution in [3.8, 4) is 0 Å². The summed E-state index contributed by atoms with van der Waals surface area (Å²) in [5.74, 6) is -0.248. The molecule has 1 amide bonds. The molecule has 2 N–H and O–H groups in total. The molecule has 0 bridgehead atoms. The Kier molecular flexibility index (Phi) is 4.92. The van der Waals surface area contributed by atoms with Gasteiger partial charge in [0.25, 0.3) is 0 Å². The lowest BCUT2D eigenvalue weighted by Crippen LogP contribution is -2.52. The number of hydrogen-bond donors (Lipinski definition) is 1. The van der Waals surface area contributed by atoms with E-state index in [-0.39, 0.29) is 16.7 Å². The van der Waals surface area contributed by atoms with Crippen molar-refractivity contribution < 1.29 is 13.2 Å². The molecule has 2 rings (SSSR count). The van der Waals surface area contributed by atoms with Gasteiger partial charge in [0.1, 0.15) is 4.90 Å². The van der Waals surface area contributed by atoms with Crippen molar-refractivity contribution >= 4 is 15.9 Å². The van der Waals surface area contributed by atoms with Crippen LogP contribution in [0.4, 0.5) is 0 Å². The van der Waals surface area contributed by atoms with E-state index < -0.39 is 10.0 Å². The second-order valence-electron chi connectivity index (χ2n) is 5.05. The smallest absolute Gasteiger partial charge is 0.244 e. The number of carbonyl (C=O) groups excluding carboxylic acids is 1. The maximum atomic E-state index is 12.4. The monoisotopic (exact) mass is 312 g/mol. The highest BCUT2D eigenvalue weighted by Gasteiger charge is 2.31. The molecule has 1 aliphatic heterocycles. The Morgan fingerprint density at radius 2 is 2.05 bits per heavy atom. The van der Waals surface area contributed by atoms with Crippen LogP contribution in [0.2, 0.25) is 0 Å². The van der Waals surface area contributed by atoms with Crippen LogP contribution in [0.15, 0.2) is 29.4 Å². The summed E-state index contributed by atoms with van der Waals surface area (Å²) in [6.45, 7) is 3.44. The molecule has 7 nitrogen and oxygen atoms in total. The standard InChI is InChI=1S/C13H20N4O3S/c1-11(9-14)13(18)16-5-7-17(8-6-16)21(19,20)12-3-2-4-15-10-12/h2-4,10-11H,5-9,14H2,1H3. The molecular formula is C13H20N4O3S. The minimum absolute atomic E-state index is 0.0177. The van der Waals surface area contributed by atoms with Crippen LogP contribution < -0.4 is 5.73 Å². The quantitative estimate of drug-likeness (QED) is 0.809. The molecule has 0 aromatic carbocycles. The number of nitrogens with zero attached hydrogens (tertiary/aromatic N) is 3. The zero-order chi connectivity index (χ0) is 15.5. The normalized spacial score (nSPS) is 18.5. The number of sulfonamides is 1. The van der Waals surface area contributed by atoms with Gasteiger partial charge in [0.15, 0.2) is 0 Å². The van der Waals surface area contributed by atoms with Crippen LogP contribution in [0, 0.1) is 5.92 Å². The van der Waals surface area contributed by atoms with Gasteiger partial charge in [0, 0.05) is 51.0 Å². The van der Waals surface area contributed by atoms with Crippen molar-refractivity contribution in [2.24, 2.45) is 11.7 Å². The molecule has 0 saturated carbocycles. The fourth-order valence-electron chi connectivity index (χ4n) is 2.21. The summed E-state index contributed by atoms with van der Waals surface area (Å²) in [6, 6.07) is 3.12. The molecule has 1 unspecified atom stereocenters. The van der Waals surface area contributed by atoms with Crippen LogP contribution in [0.3, 0.4) is 0 Å². The van der Waals surface area contributed by atoms with Crippen molar-refractivity contribution in [1.82, 2.24) is 14.2 Å².